The van der Waals surface area contributed by atoms with Crippen LogP contribution in [0, 0.1) is 0 Å². The number of ether oxygens (including phenoxy) is 1. The molecule has 0 atom stereocenters. The van der Waals surface area contributed by atoms with Crippen LogP contribution in [0.5, 0.6) is 5.75 Å². The lowest BCUT2D eigenvalue weighted by atomic mass is 10.0. The minimum atomic E-state index is -0.125. The SMILES string of the molecule is COc1ccc(N)c(C(=O)c2c[nH]c3cc(Br)ccc23)c1. The van der Waals surface area contributed by atoms with Gasteiger partial charge < -0.3 is 15.5 Å². The van der Waals surface area contributed by atoms with Gasteiger partial charge in [0.1, 0.15) is 5.75 Å². The van der Waals surface area contributed by atoms with E-state index in [4.69, 9.17) is 10.5 Å². The highest BCUT2D eigenvalue weighted by Gasteiger charge is 2.17. The number of aromatic amines is 1. The Kier molecular flexibility index (Phi) is 3.43. The van der Waals surface area contributed by atoms with Crippen molar-refractivity contribution in [2.45, 2.75) is 0 Å². The van der Waals surface area contributed by atoms with Crippen molar-refractivity contribution in [2.75, 3.05) is 12.8 Å². The van der Waals surface area contributed by atoms with Crippen molar-refractivity contribution in [3.05, 3.63) is 58.2 Å². The first-order valence-corrected chi connectivity index (χ1v) is 7.14. The second-order valence-electron chi connectivity index (χ2n) is 4.67. The van der Waals surface area contributed by atoms with Gasteiger partial charge in [-0.05, 0) is 30.3 Å². The van der Waals surface area contributed by atoms with Gasteiger partial charge in [0, 0.05) is 38.4 Å². The summed E-state index contributed by atoms with van der Waals surface area (Å²) in [6.07, 6.45) is 1.71. The Morgan fingerprint density at radius 3 is 2.76 bits per heavy atom. The molecule has 0 aliphatic heterocycles. The summed E-state index contributed by atoms with van der Waals surface area (Å²) in [5, 5.41) is 0.866. The molecular formula is C16H13BrN2O2. The van der Waals surface area contributed by atoms with E-state index in [-0.39, 0.29) is 5.78 Å². The number of carbonyl (C=O) groups is 1. The number of ketones is 1. The Morgan fingerprint density at radius 2 is 2.00 bits per heavy atom. The second-order valence-corrected chi connectivity index (χ2v) is 5.59. The van der Waals surface area contributed by atoms with Crippen LogP contribution in [-0.2, 0) is 0 Å². The second kappa shape index (κ2) is 5.26. The summed E-state index contributed by atoms with van der Waals surface area (Å²) < 4.78 is 6.11. The average molecular weight is 345 g/mol. The largest absolute Gasteiger partial charge is 0.497 e. The predicted molar refractivity (Wildman–Crippen MR) is 86.8 cm³/mol. The zero-order valence-electron chi connectivity index (χ0n) is 11.3. The first-order chi connectivity index (χ1) is 10.1. The average Bonchev–Trinajstić information content (AvgIpc) is 2.90. The predicted octanol–water partition coefficient (Wildman–Crippen LogP) is 3.75. The zero-order chi connectivity index (χ0) is 15.0. The quantitative estimate of drug-likeness (QED) is 0.561. The third kappa shape index (κ3) is 2.40. The summed E-state index contributed by atoms with van der Waals surface area (Å²) in [5.74, 6) is 0.482. The normalized spacial score (nSPS) is 10.8. The number of anilines is 1. The number of H-pyrrole nitrogens is 1. The number of aromatic nitrogens is 1. The highest BCUT2D eigenvalue weighted by atomic mass is 79.9. The molecule has 0 spiro atoms. The molecule has 0 bridgehead atoms. The topological polar surface area (TPSA) is 68.1 Å². The maximum Gasteiger partial charge on any atom is 0.197 e. The smallest absolute Gasteiger partial charge is 0.197 e. The van der Waals surface area contributed by atoms with E-state index in [9.17, 15) is 4.79 Å². The van der Waals surface area contributed by atoms with Crippen LogP contribution in [0.1, 0.15) is 15.9 Å². The van der Waals surface area contributed by atoms with Crippen LogP contribution in [0.4, 0.5) is 5.69 Å². The lowest BCUT2D eigenvalue weighted by molar-refractivity contribution is 0.104. The number of rotatable bonds is 3. The number of carbonyl (C=O) groups excluding carboxylic acids is 1. The third-order valence-electron chi connectivity index (χ3n) is 3.39. The molecule has 106 valence electrons. The maximum absolute atomic E-state index is 12.7. The number of fused-ring (bicyclic) bond motifs is 1. The Balaban J connectivity index is 2.12. The van der Waals surface area contributed by atoms with Gasteiger partial charge in [-0.15, -0.1) is 0 Å². The lowest BCUT2D eigenvalue weighted by Crippen LogP contribution is -2.05. The number of halogens is 1. The van der Waals surface area contributed by atoms with Crippen molar-refractivity contribution in [3.63, 3.8) is 0 Å². The molecule has 1 heterocycles. The fraction of sp³-hybridized carbons (Fsp3) is 0.0625. The Morgan fingerprint density at radius 1 is 1.19 bits per heavy atom. The summed E-state index contributed by atoms with van der Waals surface area (Å²) in [4.78, 5) is 15.8. The minimum Gasteiger partial charge on any atom is -0.497 e. The van der Waals surface area contributed by atoms with Crippen molar-refractivity contribution in [1.82, 2.24) is 4.98 Å². The number of hydrogen-bond donors (Lipinski definition) is 2. The number of nitrogens with one attached hydrogen (secondary N) is 1. The summed E-state index contributed by atoms with van der Waals surface area (Å²) in [5.41, 5.74) is 8.30. The number of benzene rings is 2. The summed E-state index contributed by atoms with van der Waals surface area (Å²) in [7, 11) is 1.56. The molecule has 5 heteroatoms. The number of hydrogen-bond acceptors (Lipinski definition) is 3. The molecule has 3 N–H and O–H groups in total. The molecule has 0 amide bonds. The molecule has 3 aromatic rings. The van der Waals surface area contributed by atoms with E-state index in [0.717, 1.165) is 15.4 Å². The van der Waals surface area contributed by atoms with Crippen molar-refractivity contribution < 1.29 is 9.53 Å². The van der Waals surface area contributed by atoms with Crippen LogP contribution >= 0.6 is 15.9 Å². The molecule has 1 aromatic heterocycles. The van der Waals surface area contributed by atoms with Gasteiger partial charge in [-0.2, -0.15) is 0 Å². The van der Waals surface area contributed by atoms with E-state index < -0.39 is 0 Å². The van der Waals surface area contributed by atoms with Gasteiger partial charge in [0.05, 0.1) is 7.11 Å². The standard InChI is InChI=1S/C16H13BrN2O2/c1-21-10-3-5-14(18)12(7-10)16(20)13-8-19-15-6-9(17)2-4-11(13)15/h2-8,19H,18H2,1H3. The van der Waals surface area contributed by atoms with Gasteiger partial charge in [-0.3, -0.25) is 4.79 Å². The zero-order valence-corrected chi connectivity index (χ0v) is 12.9. The monoisotopic (exact) mass is 344 g/mol. The molecule has 0 aliphatic carbocycles. The van der Waals surface area contributed by atoms with E-state index >= 15 is 0 Å². The van der Waals surface area contributed by atoms with Crippen LogP contribution < -0.4 is 10.5 Å². The Bertz CT molecular complexity index is 839. The molecule has 0 fully saturated rings. The maximum atomic E-state index is 12.7. The fourth-order valence-corrected chi connectivity index (χ4v) is 2.65. The minimum absolute atomic E-state index is 0.125. The molecule has 4 nitrogen and oxygen atoms in total. The van der Waals surface area contributed by atoms with Crippen LogP contribution in [0.3, 0.4) is 0 Å². The van der Waals surface area contributed by atoms with E-state index in [1.54, 1.807) is 31.5 Å². The number of methoxy groups -OCH3 is 1. The lowest BCUT2D eigenvalue weighted by Gasteiger charge is -2.07. The summed E-state index contributed by atoms with van der Waals surface area (Å²) in [6, 6.07) is 10.8. The first-order valence-electron chi connectivity index (χ1n) is 6.35. The van der Waals surface area contributed by atoms with Crippen LogP contribution in [-0.4, -0.2) is 17.9 Å². The first kappa shape index (κ1) is 13.7. The molecule has 0 saturated heterocycles. The van der Waals surface area contributed by atoms with Gasteiger partial charge in [0.2, 0.25) is 0 Å². The van der Waals surface area contributed by atoms with Gasteiger partial charge in [-0.1, -0.05) is 22.0 Å². The van der Waals surface area contributed by atoms with Crippen LogP contribution in [0.25, 0.3) is 10.9 Å². The molecule has 0 unspecified atom stereocenters. The summed E-state index contributed by atoms with van der Waals surface area (Å²) in [6.45, 7) is 0. The van der Waals surface area contributed by atoms with Crippen LogP contribution in [0.15, 0.2) is 47.1 Å². The molecule has 0 saturated carbocycles. The molecular weight excluding hydrogens is 332 g/mol. The number of nitrogen functional groups attached to an aromatic ring is 1. The van der Waals surface area contributed by atoms with Crippen molar-refractivity contribution >= 4 is 38.3 Å². The van der Waals surface area contributed by atoms with E-state index in [2.05, 4.69) is 20.9 Å². The Labute approximate surface area is 130 Å². The van der Waals surface area contributed by atoms with Gasteiger partial charge >= 0.3 is 0 Å². The highest BCUT2D eigenvalue weighted by Crippen LogP contribution is 2.27. The van der Waals surface area contributed by atoms with Crippen molar-refractivity contribution in [1.29, 1.82) is 0 Å². The molecule has 3 rings (SSSR count). The molecule has 21 heavy (non-hydrogen) atoms. The third-order valence-corrected chi connectivity index (χ3v) is 3.89. The molecule has 2 aromatic carbocycles. The van der Waals surface area contributed by atoms with E-state index in [1.807, 2.05) is 18.2 Å². The van der Waals surface area contributed by atoms with Crippen LogP contribution in [0.2, 0.25) is 0 Å². The van der Waals surface area contributed by atoms with Crippen molar-refractivity contribution in [3.8, 4) is 5.75 Å². The Hall–Kier alpha value is -2.27. The highest BCUT2D eigenvalue weighted by molar-refractivity contribution is 9.10. The summed E-state index contributed by atoms with van der Waals surface area (Å²) >= 11 is 3.41. The fourth-order valence-electron chi connectivity index (χ4n) is 2.29. The number of nitrogens with two attached hydrogens (primary N) is 1. The van der Waals surface area contributed by atoms with Gasteiger partial charge in [0.25, 0.3) is 0 Å². The van der Waals surface area contributed by atoms with Gasteiger partial charge in [0.15, 0.2) is 5.78 Å². The van der Waals surface area contributed by atoms with E-state index in [0.29, 0.717) is 22.6 Å². The molecule has 0 radical (unpaired) electrons. The van der Waals surface area contributed by atoms with Gasteiger partial charge in [-0.25, -0.2) is 0 Å². The van der Waals surface area contributed by atoms with Crippen molar-refractivity contribution in [2.24, 2.45) is 0 Å². The molecule has 0 aliphatic rings. The van der Waals surface area contributed by atoms with E-state index in [1.165, 1.54) is 0 Å².